The molecule has 4 heteroatoms. The Balaban J connectivity index is 2.14. The van der Waals surface area contributed by atoms with Crippen LogP contribution in [-0.2, 0) is 0 Å². The molecule has 2 N–H and O–H groups in total. The average molecular weight is 230 g/mol. The van der Waals surface area contributed by atoms with E-state index >= 15 is 0 Å². The lowest BCUT2D eigenvalue weighted by Gasteiger charge is -2.24. The Hall–Kier alpha value is -1.71. The molecule has 0 bridgehead atoms. The third-order valence-electron chi connectivity index (χ3n) is 3.67. The first-order valence-electron chi connectivity index (χ1n) is 6.11. The SMILES string of the molecule is CN(C)c1ccn2c(C3CCC3)nc(N)c2c1. The second kappa shape index (κ2) is 3.65. The summed E-state index contributed by atoms with van der Waals surface area (Å²) in [5, 5.41) is 0. The molecule has 1 aliphatic rings. The Labute approximate surface area is 101 Å². The minimum Gasteiger partial charge on any atom is -0.382 e. The molecule has 0 saturated heterocycles. The fourth-order valence-corrected chi connectivity index (χ4v) is 2.35. The fourth-order valence-electron chi connectivity index (χ4n) is 2.35. The number of nitrogens with two attached hydrogens (primary N) is 1. The average Bonchev–Trinajstić information content (AvgIpc) is 2.54. The summed E-state index contributed by atoms with van der Waals surface area (Å²) in [5.74, 6) is 2.38. The zero-order valence-corrected chi connectivity index (χ0v) is 10.3. The monoisotopic (exact) mass is 230 g/mol. The van der Waals surface area contributed by atoms with Crippen LogP contribution in [0.5, 0.6) is 0 Å². The maximum Gasteiger partial charge on any atom is 0.149 e. The Bertz CT molecular complexity index is 552. The van der Waals surface area contributed by atoms with Crippen LogP contribution in [0.1, 0.15) is 31.0 Å². The number of hydrogen-bond donors (Lipinski definition) is 1. The van der Waals surface area contributed by atoms with Crippen LogP contribution in [0.3, 0.4) is 0 Å². The number of anilines is 2. The van der Waals surface area contributed by atoms with Crippen LogP contribution in [0.25, 0.3) is 5.52 Å². The molecule has 1 aliphatic carbocycles. The molecule has 0 aliphatic heterocycles. The van der Waals surface area contributed by atoms with E-state index in [1.165, 1.54) is 19.3 Å². The fraction of sp³-hybridized carbons (Fsp3) is 0.462. The molecule has 0 radical (unpaired) electrons. The molecule has 0 unspecified atom stereocenters. The first kappa shape index (κ1) is 10.4. The second-order valence-electron chi connectivity index (χ2n) is 5.02. The topological polar surface area (TPSA) is 46.6 Å². The summed E-state index contributed by atoms with van der Waals surface area (Å²) in [6, 6.07) is 4.21. The lowest BCUT2D eigenvalue weighted by Crippen LogP contribution is -2.13. The van der Waals surface area contributed by atoms with Gasteiger partial charge in [0.25, 0.3) is 0 Å². The molecule has 17 heavy (non-hydrogen) atoms. The number of nitrogens with zero attached hydrogens (tertiary/aromatic N) is 3. The molecule has 1 fully saturated rings. The predicted octanol–water partition coefficient (Wildman–Crippen LogP) is 2.25. The maximum atomic E-state index is 6.01. The van der Waals surface area contributed by atoms with Crippen LogP contribution in [0, 0.1) is 0 Å². The zero-order chi connectivity index (χ0) is 12.0. The molecular formula is C13H18N4. The zero-order valence-electron chi connectivity index (χ0n) is 10.3. The lowest BCUT2D eigenvalue weighted by atomic mass is 9.85. The van der Waals surface area contributed by atoms with E-state index in [0.717, 1.165) is 17.0 Å². The van der Waals surface area contributed by atoms with Crippen molar-refractivity contribution in [3.63, 3.8) is 0 Å². The molecule has 4 nitrogen and oxygen atoms in total. The molecule has 90 valence electrons. The summed E-state index contributed by atoms with van der Waals surface area (Å²) in [6.07, 6.45) is 5.89. The number of nitrogen functional groups attached to an aromatic ring is 1. The van der Waals surface area contributed by atoms with Crippen LogP contribution >= 0.6 is 0 Å². The largest absolute Gasteiger partial charge is 0.382 e. The normalized spacial score (nSPS) is 16.1. The summed E-state index contributed by atoms with van der Waals surface area (Å²) >= 11 is 0. The van der Waals surface area contributed by atoms with E-state index < -0.39 is 0 Å². The standard InChI is InChI=1S/C13H18N4/c1-16(2)10-6-7-17-11(8-10)12(14)15-13(17)9-4-3-5-9/h6-9H,3-5,14H2,1-2H3. The van der Waals surface area contributed by atoms with Gasteiger partial charge in [-0.15, -0.1) is 0 Å². The van der Waals surface area contributed by atoms with Gasteiger partial charge in [-0.3, -0.25) is 0 Å². The summed E-state index contributed by atoms with van der Waals surface area (Å²) in [6.45, 7) is 0. The molecule has 2 aromatic heterocycles. The number of hydrogen-bond acceptors (Lipinski definition) is 3. The smallest absolute Gasteiger partial charge is 0.149 e. The molecule has 0 spiro atoms. The summed E-state index contributed by atoms with van der Waals surface area (Å²) in [7, 11) is 4.07. The number of imidazole rings is 1. The van der Waals surface area contributed by atoms with E-state index in [4.69, 9.17) is 5.73 Å². The first-order chi connectivity index (χ1) is 8.16. The van der Waals surface area contributed by atoms with Crippen molar-refractivity contribution in [2.45, 2.75) is 25.2 Å². The van der Waals surface area contributed by atoms with Crippen molar-refractivity contribution < 1.29 is 0 Å². The van der Waals surface area contributed by atoms with Crippen molar-refractivity contribution in [1.29, 1.82) is 0 Å². The van der Waals surface area contributed by atoms with Gasteiger partial charge in [0.2, 0.25) is 0 Å². The number of rotatable bonds is 2. The van der Waals surface area contributed by atoms with Gasteiger partial charge in [-0.1, -0.05) is 6.42 Å². The van der Waals surface area contributed by atoms with Gasteiger partial charge in [0.05, 0.1) is 5.52 Å². The van der Waals surface area contributed by atoms with Crippen LogP contribution < -0.4 is 10.6 Å². The lowest BCUT2D eigenvalue weighted by molar-refractivity contribution is 0.400. The van der Waals surface area contributed by atoms with E-state index in [-0.39, 0.29) is 0 Å². The highest BCUT2D eigenvalue weighted by atomic mass is 15.1. The summed E-state index contributed by atoms with van der Waals surface area (Å²) in [5.41, 5.74) is 8.19. The van der Waals surface area contributed by atoms with Gasteiger partial charge in [0.15, 0.2) is 0 Å². The minimum absolute atomic E-state index is 0.602. The van der Waals surface area contributed by atoms with Crippen molar-refractivity contribution in [2.75, 3.05) is 24.7 Å². The van der Waals surface area contributed by atoms with E-state index in [0.29, 0.717) is 11.7 Å². The Morgan fingerprint density at radius 2 is 2.18 bits per heavy atom. The van der Waals surface area contributed by atoms with Crippen LogP contribution in [0.15, 0.2) is 18.3 Å². The van der Waals surface area contributed by atoms with Crippen molar-refractivity contribution >= 4 is 17.0 Å². The highest BCUT2D eigenvalue weighted by molar-refractivity contribution is 5.71. The van der Waals surface area contributed by atoms with Crippen LogP contribution in [0.2, 0.25) is 0 Å². The molecule has 0 atom stereocenters. The first-order valence-corrected chi connectivity index (χ1v) is 6.11. The molecule has 2 heterocycles. The van der Waals surface area contributed by atoms with E-state index in [2.05, 4.69) is 32.6 Å². The highest BCUT2D eigenvalue weighted by Crippen LogP contribution is 2.37. The molecule has 0 aromatic carbocycles. The Kier molecular flexibility index (Phi) is 2.24. The van der Waals surface area contributed by atoms with Gasteiger partial charge in [-0.2, -0.15) is 0 Å². The van der Waals surface area contributed by atoms with E-state index in [9.17, 15) is 0 Å². The van der Waals surface area contributed by atoms with Gasteiger partial charge >= 0.3 is 0 Å². The Morgan fingerprint density at radius 1 is 1.41 bits per heavy atom. The molecule has 3 rings (SSSR count). The van der Waals surface area contributed by atoms with Crippen molar-refractivity contribution in [3.8, 4) is 0 Å². The van der Waals surface area contributed by atoms with Gasteiger partial charge in [0, 0.05) is 31.9 Å². The quantitative estimate of drug-likeness (QED) is 0.860. The van der Waals surface area contributed by atoms with E-state index in [1.807, 2.05) is 14.1 Å². The molecule has 0 amide bonds. The van der Waals surface area contributed by atoms with Crippen molar-refractivity contribution in [1.82, 2.24) is 9.38 Å². The molecular weight excluding hydrogens is 212 g/mol. The highest BCUT2D eigenvalue weighted by Gasteiger charge is 2.24. The minimum atomic E-state index is 0.602. The number of pyridine rings is 1. The number of aromatic nitrogens is 2. The second-order valence-corrected chi connectivity index (χ2v) is 5.02. The Morgan fingerprint density at radius 3 is 2.76 bits per heavy atom. The summed E-state index contributed by atoms with van der Waals surface area (Å²) in [4.78, 5) is 6.61. The number of fused-ring (bicyclic) bond motifs is 1. The molecule has 1 saturated carbocycles. The third-order valence-corrected chi connectivity index (χ3v) is 3.67. The van der Waals surface area contributed by atoms with Crippen molar-refractivity contribution in [2.24, 2.45) is 0 Å². The van der Waals surface area contributed by atoms with Gasteiger partial charge in [-0.25, -0.2) is 4.98 Å². The summed E-state index contributed by atoms with van der Waals surface area (Å²) < 4.78 is 2.14. The van der Waals surface area contributed by atoms with Gasteiger partial charge < -0.3 is 15.0 Å². The van der Waals surface area contributed by atoms with Crippen LogP contribution in [0.4, 0.5) is 11.5 Å². The predicted molar refractivity (Wildman–Crippen MR) is 70.5 cm³/mol. The van der Waals surface area contributed by atoms with E-state index in [1.54, 1.807) is 0 Å². The van der Waals surface area contributed by atoms with Crippen LogP contribution in [-0.4, -0.2) is 23.5 Å². The van der Waals surface area contributed by atoms with Crippen molar-refractivity contribution in [3.05, 3.63) is 24.2 Å². The third kappa shape index (κ3) is 1.55. The maximum absolute atomic E-state index is 6.01. The van der Waals surface area contributed by atoms with Gasteiger partial charge in [0.1, 0.15) is 11.6 Å². The molecule has 2 aromatic rings. The van der Waals surface area contributed by atoms with Gasteiger partial charge in [-0.05, 0) is 25.0 Å².